The standard InChI is InChI=1S/C16H16Cl2FN5/c1-4-9(2)21-15-13(12-10(17)6-5-7-11(12)19)14(18)22-16-23(3)8-20-24(15)16/h5-9H,4H2,1-3H3. The zero-order chi connectivity index (χ0) is 17.4. The van der Waals surface area contributed by atoms with Gasteiger partial charge in [0.25, 0.3) is 0 Å². The van der Waals surface area contributed by atoms with Crippen molar-refractivity contribution < 1.29 is 4.39 Å². The number of hydrogen-bond donors (Lipinski definition) is 0. The van der Waals surface area contributed by atoms with Gasteiger partial charge in [-0.15, -0.1) is 0 Å². The molecule has 5 nitrogen and oxygen atoms in total. The number of aryl methyl sites for hydroxylation is 1. The quantitative estimate of drug-likeness (QED) is 0.659. The number of benzene rings is 1. The van der Waals surface area contributed by atoms with Crippen molar-refractivity contribution in [2.75, 3.05) is 0 Å². The Labute approximate surface area is 148 Å². The van der Waals surface area contributed by atoms with E-state index in [1.165, 1.54) is 6.07 Å². The lowest BCUT2D eigenvalue weighted by atomic mass is 10.1. The van der Waals surface area contributed by atoms with Crippen molar-refractivity contribution in [3.05, 3.63) is 46.0 Å². The van der Waals surface area contributed by atoms with Gasteiger partial charge in [-0.2, -0.15) is 14.6 Å². The number of rotatable bonds is 3. The highest BCUT2D eigenvalue weighted by Gasteiger charge is 2.20. The van der Waals surface area contributed by atoms with Gasteiger partial charge in [0.05, 0.1) is 10.6 Å². The van der Waals surface area contributed by atoms with Crippen molar-refractivity contribution in [3.8, 4) is 11.1 Å². The van der Waals surface area contributed by atoms with E-state index in [2.05, 4.69) is 15.1 Å². The molecule has 0 radical (unpaired) electrons. The summed E-state index contributed by atoms with van der Waals surface area (Å²) in [6.45, 7) is 3.99. The van der Waals surface area contributed by atoms with Crippen LogP contribution in [0.3, 0.4) is 0 Å². The van der Waals surface area contributed by atoms with Crippen molar-refractivity contribution in [2.24, 2.45) is 12.0 Å². The van der Waals surface area contributed by atoms with E-state index in [4.69, 9.17) is 23.2 Å². The van der Waals surface area contributed by atoms with Gasteiger partial charge in [0, 0.05) is 18.7 Å². The highest BCUT2D eigenvalue weighted by atomic mass is 35.5. The number of fused-ring (bicyclic) bond motifs is 1. The van der Waals surface area contributed by atoms with E-state index < -0.39 is 5.82 Å². The molecule has 24 heavy (non-hydrogen) atoms. The summed E-state index contributed by atoms with van der Waals surface area (Å²) in [5.74, 6) is 0.0287. The van der Waals surface area contributed by atoms with Gasteiger partial charge in [-0.3, -0.25) is 4.99 Å². The molecule has 3 rings (SSSR count). The molecule has 1 aromatic carbocycles. The van der Waals surface area contributed by atoms with Crippen LogP contribution in [0.15, 0.2) is 29.5 Å². The van der Waals surface area contributed by atoms with E-state index in [1.54, 1.807) is 34.6 Å². The third-order valence-corrected chi connectivity index (χ3v) is 4.41. The first-order valence-electron chi connectivity index (χ1n) is 7.52. The molecule has 2 aromatic heterocycles. The first kappa shape index (κ1) is 16.9. The van der Waals surface area contributed by atoms with Crippen molar-refractivity contribution in [3.63, 3.8) is 0 Å². The molecule has 126 valence electrons. The summed E-state index contributed by atoms with van der Waals surface area (Å²) < 4.78 is 17.7. The van der Waals surface area contributed by atoms with Crippen molar-refractivity contribution in [1.29, 1.82) is 0 Å². The Bertz CT molecular complexity index is 956. The summed E-state index contributed by atoms with van der Waals surface area (Å²) in [4.78, 5) is 9.01. The molecule has 3 aromatic rings. The maximum atomic E-state index is 14.5. The molecular formula is C16H16Cl2FN5. The third-order valence-electron chi connectivity index (χ3n) is 3.82. The second-order valence-electron chi connectivity index (χ2n) is 5.54. The van der Waals surface area contributed by atoms with Crippen LogP contribution in [0.25, 0.3) is 16.9 Å². The zero-order valence-electron chi connectivity index (χ0n) is 13.5. The van der Waals surface area contributed by atoms with Crippen LogP contribution in [0.1, 0.15) is 20.3 Å². The van der Waals surface area contributed by atoms with Crippen LogP contribution in [0.2, 0.25) is 10.2 Å². The van der Waals surface area contributed by atoms with Crippen LogP contribution in [-0.4, -0.2) is 25.2 Å². The predicted molar refractivity (Wildman–Crippen MR) is 92.7 cm³/mol. The molecule has 2 heterocycles. The van der Waals surface area contributed by atoms with E-state index in [-0.39, 0.29) is 21.8 Å². The molecule has 0 saturated carbocycles. The maximum Gasteiger partial charge on any atom is 0.235 e. The molecule has 0 spiro atoms. The highest BCUT2D eigenvalue weighted by molar-refractivity contribution is 6.35. The van der Waals surface area contributed by atoms with Gasteiger partial charge in [-0.1, -0.05) is 36.2 Å². The fourth-order valence-electron chi connectivity index (χ4n) is 2.37. The molecule has 1 atom stereocenters. The summed E-state index contributed by atoms with van der Waals surface area (Å²) in [5.41, 5.74) is 0.960. The fourth-order valence-corrected chi connectivity index (χ4v) is 2.88. The molecule has 0 aliphatic carbocycles. The van der Waals surface area contributed by atoms with Crippen molar-refractivity contribution >= 4 is 29.0 Å². The van der Waals surface area contributed by atoms with Crippen molar-refractivity contribution in [2.45, 2.75) is 26.3 Å². The molecule has 1 unspecified atom stereocenters. The maximum absolute atomic E-state index is 14.5. The summed E-state index contributed by atoms with van der Waals surface area (Å²) in [6, 6.07) is 4.49. The Morgan fingerprint density at radius 1 is 1.29 bits per heavy atom. The first-order valence-corrected chi connectivity index (χ1v) is 8.27. The Morgan fingerprint density at radius 2 is 2.04 bits per heavy atom. The molecule has 0 aliphatic heterocycles. The molecule has 8 heteroatoms. The first-order chi connectivity index (χ1) is 11.4. The Morgan fingerprint density at radius 3 is 2.71 bits per heavy atom. The minimum atomic E-state index is -0.484. The SMILES string of the molecule is CCC(C)N=c1c(-c2c(F)cccc2Cl)c(Cl)nc2n(C)cnn12. The van der Waals surface area contributed by atoms with Gasteiger partial charge < -0.3 is 4.57 Å². The average Bonchev–Trinajstić information content (AvgIpc) is 2.90. The lowest BCUT2D eigenvalue weighted by molar-refractivity contribution is 0.629. The van der Waals surface area contributed by atoms with Gasteiger partial charge in [0.2, 0.25) is 5.78 Å². The summed E-state index contributed by atoms with van der Waals surface area (Å²) in [5, 5.41) is 4.67. The molecule has 0 aliphatic rings. The monoisotopic (exact) mass is 367 g/mol. The summed E-state index contributed by atoms with van der Waals surface area (Å²) >= 11 is 12.6. The lowest BCUT2D eigenvalue weighted by Crippen LogP contribution is -2.23. The minimum absolute atomic E-state index is 0.00507. The van der Waals surface area contributed by atoms with Gasteiger partial charge in [-0.25, -0.2) is 4.39 Å². The normalized spacial score (nSPS) is 13.7. The third kappa shape index (κ3) is 2.80. The van der Waals surface area contributed by atoms with Gasteiger partial charge in [0.15, 0.2) is 5.49 Å². The van der Waals surface area contributed by atoms with Crippen LogP contribution >= 0.6 is 23.2 Å². The number of halogens is 3. The van der Waals surface area contributed by atoms with Crippen LogP contribution in [0.4, 0.5) is 4.39 Å². The molecule has 0 saturated heterocycles. The van der Waals surface area contributed by atoms with Gasteiger partial charge >= 0.3 is 0 Å². The Balaban J connectivity index is 2.50. The average molecular weight is 368 g/mol. The van der Waals surface area contributed by atoms with E-state index in [0.717, 1.165) is 6.42 Å². The Kier molecular flexibility index (Phi) is 4.60. The van der Waals surface area contributed by atoms with Gasteiger partial charge in [0.1, 0.15) is 17.3 Å². The van der Waals surface area contributed by atoms with Crippen LogP contribution in [-0.2, 0) is 7.05 Å². The summed E-state index contributed by atoms with van der Waals surface area (Å²) in [6.07, 6.45) is 2.42. The molecule has 0 bridgehead atoms. The van der Waals surface area contributed by atoms with E-state index >= 15 is 0 Å². The number of hydrogen-bond acceptors (Lipinski definition) is 3. The van der Waals surface area contributed by atoms with Crippen LogP contribution in [0.5, 0.6) is 0 Å². The number of aromatic nitrogens is 4. The fraction of sp³-hybridized carbons (Fsp3) is 0.312. The largest absolute Gasteiger partial charge is 0.303 e. The second-order valence-corrected chi connectivity index (χ2v) is 6.30. The topological polar surface area (TPSA) is 47.5 Å². The molecular weight excluding hydrogens is 352 g/mol. The highest BCUT2D eigenvalue weighted by Crippen LogP contribution is 2.32. The zero-order valence-corrected chi connectivity index (χ0v) is 15.0. The lowest BCUT2D eigenvalue weighted by Gasteiger charge is -2.11. The predicted octanol–water partition coefficient (Wildman–Crippen LogP) is 3.88. The van der Waals surface area contributed by atoms with E-state index in [1.807, 2.05) is 13.8 Å². The minimum Gasteiger partial charge on any atom is -0.303 e. The molecule has 0 fully saturated rings. The van der Waals surface area contributed by atoms with Crippen LogP contribution < -0.4 is 5.49 Å². The molecule has 0 N–H and O–H groups in total. The van der Waals surface area contributed by atoms with Crippen LogP contribution in [0, 0.1) is 5.82 Å². The summed E-state index contributed by atoms with van der Waals surface area (Å²) in [7, 11) is 1.80. The smallest absolute Gasteiger partial charge is 0.235 e. The van der Waals surface area contributed by atoms with Crippen molar-refractivity contribution in [1.82, 2.24) is 19.2 Å². The van der Waals surface area contributed by atoms with E-state index in [0.29, 0.717) is 16.8 Å². The number of nitrogens with zero attached hydrogens (tertiary/aromatic N) is 5. The second kappa shape index (κ2) is 6.53. The Hall–Kier alpha value is -1.92. The molecule has 0 amide bonds. The van der Waals surface area contributed by atoms with Gasteiger partial charge in [-0.05, 0) is 25.5 Å². The van der Waals surface area contributed by atoms with E-state index in [9.17, 15) is 4.39 Å².